The lowest BCUT2D eigenvalue weighted by Gasteiger charge is -2.09. The summed E-state index contributed by atoms with van der Waals surface area (Å²) >= 11 is 0. The van der Waals surface area contributed by atoms with Crippen LogP contribution >= 0.6 is 12.4 Å². The molecule has 0 aliphatic rings. The number of hydrogen-bond donors (Lipinski definition) is 2. The normalized spacial score (nSPS) is 12.9. The van der Waals surface area contributed by atoms with Gasteiger partial charge in [0.2, 0.25) is 10.0 Å². The number of furan rings is 1. The summed E-state index contributed by atoms with van der Waals surface area (Å²) in [4.78, 5) is 11.8. The van der Waals surface area contributed by atoms with Crippen molar-refractivity contribution in [2.24, 2.45) is 5.73 Å². The van der Waals surface area contributed by atoms with Gasteiger partial charge >= 0.3 is 0 Å². The smallest absolute Gasteiger partial charge is 0.287 e. The van der Waals surface area contributed by atoms with E-state index < -0.39 is 15.9 Å². The molecule has 1 unspecified atom stereocenters. The van der Waals surface area contributed by atoms with Crippen molar-refractivity contribution >= 4 is 28.3 Å². The Kier molecular flexibility index (Phi) is 7.38. The van der Waals surface area contributed by atoms with Crippen LogP contribution in [0.25, 0.3) is 0 Å². The number of amides is 1. The molecule has 1 heterocycles. The lowest BCUT2D eigenvalue weighted by Crippen LogP contribution is -2.28. The fourth-order valence-electron chi connectivity index (χ4n) is 1.53. The molecule has 1 aromatic heterocycles. The third kappa shape index (κ3) is 4.99. The van der Waals surface area contributed by atoms with Gasteiger partial charge in [0.25, 0.3) is 5.91 Å². The summed E-state index contributed by atoms with van der Waals surface area (Å²) in [6.45, 7) is 3.76. The van der Waals surface area contributed by atoms with Gasteiger partial charge in [0.1, 0.15) is 10.7 Å². The Morgan fingerprint density at radius 1 is 1.48 bits per heavy atom. The first-order valence-corrected chi connectivity index (χ1v) is 7.67. The van der Waals surface area contributed by atoms with Gasteiger partial charge in [-0.15, -0.1) is 12.4 Å². The van der Waals surface area contributed by atoms with Crippen LogP contribution in [0.2, 0.25) is 0 Å². The average Bonchev–Trinajstić information content (AvgIpc) is 2.71. The van der Waals surface area contributed by atoms with Crippen molar-refractivity contribution in [2.75, 3.05) is 20.6 Å². The number of hydrogen-bond acceptors (Lipinski definition) is 5. The van der Waals surface area contributed by atoms with E-state index >= 15 is 0 Å². The number of carbonyl (C=O) groups is 1. The molecule has 9 heteroatoms. The van der Waals surface area contributed by atoms with Gasteiger partial charge in [-0.25, -0.2) is 12.7 Å². The van der Waals surface area contributed by atoms with Crippen molar-refractivity contribution in [2.45, 2.75) is 31.2 Å². The van der Waals surface area contributed by atoms with Gasteiger partial charge in [-0.1, -0.05) is 0 Å². The van der Waals surface area contributed by atoms with E-state index in [-0.39, 0.29) is 34.9 Å². The maximum absolute atomic E-state index is 12.0. The minimum atomic E-state index is -3.61. The molecule has 0 aliphatic carbocycles. The van der Waals surface area contributed by atoms with E-state index in [9.17, 15) is 13.2 Å². The van der Waals surface area contributed by atoms with Crippen molar-refractivity contribution in [3.8, 4) is 0 Å². The highest BCUT2D eigenvalue weighted by Crippen LogP contribution is 2.22. The number of aryl methyl sites for hydroxylation is 1. The predicted octanol–water partition coefficient (Wildman–Crippen LogP) is 0.727. The molecule has 0 saturated heterocycles. The van der Waals surface area contributed by atoms with E-state index in [1.165, 1.54) is 27.1 Å². The molecule has 0 saturated carbocycles. The number of nitrogens with two attached hydrogens (primary N) is 1. The van der Waals surface area contributed by atoms with Crippen molar-refractivity contribution in [1.82, 2.24) is 9.62 Å². The maximum atomic E-state index is 12.0. The second-order valence-corrected chi connectivity index (χ2v) is 6.96. The zero-order valence-corrected chi connectivity index (χ0v) is 14.2. The van der Waals surface area contributed by atoms with Crippen LogP contribution in [0.15, 0.2) is 15.4 Å². The molecule has 0 aromatic carbocycles. The number of halogens is 1. The van der Waals surface area contributed by atoms with Crippen molar-refractivity contribution in [3.05, 3.63) is 17.6 Å². The minimum absolute atomic E-state index is 0. The predicted molar refractivity (Wildman–Crippen MR) is 82.2 cm³/mol. The van der Waals surface area contributed by atoms with E-state index in [0.717, 1.165) is 4.31 Å². The molecule has 0 bridgehead atoms. The van der Waals surface area contributed by atoms with Crippen LogP contribution in [0.5, 0.6) is 0 Å². The first-order chi connectivity index (χ1) is 9.16. The third-order valence-electron chi connectivity index (χ3n) is 2.74. The summed E-state index contributed by atoms with van der Waals surface area (Å²) in [5.74, 6) is -0.280. The van der Waals surface area contributed by atoms with Gasteiger partial charge in [-0.2, -0.15) is 0 Å². The van der Waals surface area contributed by atoms with Gasteiger partial charge in [-0.05, 0) is 20.3 Å². The zero-order valence-electron chi connectivity index (χ0n) is 12.5. The monoisotopic (exact) mass is 339 g/mol. The van der Waals surface area contributed by atoms with Crippen LogP contribution in [0, 0.1) is 6.92 Å². The number of rotatable bonds is 6. The van der Waals surface area contributed by atoms with Crippen LogP contribution in [0.3, 0.4) is 0 Å². The summed E-state index contributed by atoms with van der Waals surface area (Å²) < 4.78 is 30.3. The fraction of sp³-hybridized carbons (Fsp3) is 0.583. The Hall–Kier alpha value is -1.09. The zero-order chi connectivity index (χ0) is 15.5. The Morgan fingerprint density at radius 2 is 2.05 bits per heavy atom. The second-order valence-electron chi connectivity index (χ2n) is 4.84. The molecule has 0 spiro atoms. The van der Waals surface area contributed by atoms with Gasteiger partial charge in [0.15, 0.2) is 5.76 Å². The first-order valence-electron chi connectivity index (χ1n) is 6.23. The number of sulfonamides is 1. The van der Waals surface area contributed by atoms with Crippen molar-refractivity contribution in [3.63, 3.8) is 0 Å². The van der Waals surface area contributed by atoms with Gasteiger partial charge in [0.05, 0.1) is 0 Å². The minimum Gasteiger partial charge on any atom is -0.455 e. The number of nitrogens with one attached hydrogen (secondary N) is 1. The van der Waals surface area contributed by atoms with Gasteiger partial charge < -0.3 is 15.5 Å². The Balaban J connectivity index is 0.00000400. The Bertz CT molecular complexity index is 581. The third-order valence-corrected chi connectivity index (χ3v) is 4.66. The molecule has 0 fully saturated rings. The van der Waals surface area contributed by atoms with E-state index in [0.29, 0.717) is 13.0 Å². The van der Waals surface area contributed by atoms with Crippen molar-refractivity contribution in [1.29, 1.82) is 0 Å². The van der Waals surface area contributed by atoms with Gasteiger partial charge in [0, 0.05) is 32.7 Å². The summed E-state index contributed by atoms with van der Waals surface area (Å²) in [7, 11) is -0.773. The molecule has 0 radical (unpaired) electrons. The quantitative estimate of drug-likeness (QED) is 0.794. The SMILES string of the molecule is Cc1oc(C(=O)NCCC(C)N)cc1S(=O)(=O)N(C)C.Cl. The lowest BCUT2D eigenvalue weighted by molar-refractivity contribution is 0.0924. The first kappa shape index (κ1) is 19.9. The molecular weight excluding hydrogens is 318 g/mol. The van der Waals surface area contributed by atoms with Crippen LogP contribution in [0.4, 0.5) is 0 Å². The number of nitrogens with zero attached hydrogens (tertiary/aromatic N) is 1. The summed E-state index contributed by atoms with van der Waals surface area (Å²) in [6, 6.07) is 1.23. The molecular formula is C12H22ClN3O4S. The van der Waals surface area contributed by atoms with E-state index in [4.69, 9.17) is 10.2 Å². The maximum Gasteiger partial charge on any atom is 0.287 e. The summed E-state index contributed by atoms with van der Waals surface area (Å²) in [6.07, 6.45) is 0.633. The summed E-state index contributed by atoms with van der Waals surface area (Å²) in [5, 5.41) is 2.63. The van der Waals surface area contributed by atoms with E-state index in [1.54, 1.807) is 0 Å². The van der Waals surface area contributed by atoms with Crippen LogP contribution < -0.4 is 11.1 Å². The van der Waals surface area contributed by atoms with Crippen LogP contribution in [0.1, 0.15) is 29.7 Å². The topological polar surface area (TPSA) is 106 Å². The molecule has 21 heavy (non-hydrogen) atoms. The molecule has 1 atom stereocenters. The fourth-order valence-corrected chi connectivity index (χ4v) is 2.58. The Labute approximate surface area is 131 Å². The van der Waals surface area contributed by atoms with Gasteiger partial charge in [-0.3, -0.25) is 4.79 Å². The standard InChI is InChI=1S/C12H21N3O4S.ClH/c1-8(13)5-6-14-12(16)10-7-11(9(2)19-10)20(17,18)15(3)4;/h7-8H,5-6,13H2,1-4H3,(H,14,16);1H. The van der Waals surface area contributed by atoms with Crippen LogP contribution in [-0.2, 0) is 10.0 Å². The lowest BCUT2D eigenvalue weighted by atomic mass is 10.2. The highest BCUT2D eigenvalue weighted by Gasteiger charge is 2.25. The molecule has 1 aromatic rings. The Morgan fingerprint density at radius 3 is 2.52 bits per heavy atom. The van der Waals surface area contributed by atoms with Crippen molar-refractivity contribution < 1.29 is 17.6 Å². The van der Waals surface area contributed by atoms with E-state index in [2.05, 4.69) is 5.32 Å². The van der Waals surface area contributed by atoms with E-state index in [1.807, 2.05) is 6.92 Å². The molecule has 1 rings (SSSR count). The number of carbonyl (C=O) groups excluding carboxylic acids is 1. The molecule has 1 amide bonds. The molecule has 122 valence electrons. The molecule has 3 N–H and O–H groups in total. The van der Waals surface area contributed by atoms with Crippen LogP contribution in [-0.4, -0.2) is 45.3 Å². The highest BCUT2D eigenvalue weighted by atomic mass is 35.5. The average molecular weight is 340 g/mol. The highest BCUT2D eigenvalue weighted by molar-refractivity contribution is 7.89. The second kappa shape index (κ2) is 7.79. The summed E-state index contributed by atoms with van der Waals surface area (Å²) in [5.41, 5.74) is 5.58. The molecule has 0 aliphatic heterocycles. The molecule has 7 nitrogen and oxygen atoms in total. The largest absolute Gasteiger partial charge is 0.455 e.